The van der Waals surface area contributed by atoms with Crippen molar-refractivity contribution in [1.29, 1.82) is 0 Å². The Balaban J connectivity index is 2.27. The van der Waals surface area contributed by atoms with Crippen molar-refractivity contribution in [1.82, 2.24) is 9.97 Å². The molecule has 0 aliphatic rings. The summed E-state index contributed by atoms with van der Waals surface area (Å²) < 4.78 is 0. The Hall–Kier alpha value is -2.14. The Kier molecular flexibility index (Phi) is 4.20. The van der Waals surface area contributed by atoms with Crippen molar-refractivity contribution >= 4 is 5.97 Å². The van der Waals surface area contributed by atoms with Crippen LogP contribution >= 0.6 is 0 Å². The molecule has 0 bridgehead atoms. The molecule has 1 aromatic carbocycles. The molecular weight excluding hydrogens is 256 g/mol. The molecule has 0 saturated heterocycles. The number of H-pyrrole nitrogens is 1. The van der Waals surface area contributed by atoms with E-state index < -0.39 is 12.1 Å². The Morgan fingerprint density at radius 3 is 2.45 bits per heavy atom. The molecule has 0 radical (unpaired) electrons. The molecule has 0 fully saturated rings. The van der Waals surface area contributed by atoms with E-state index in [1.807, 2.05) is 24.3 Å². The Labute approximate surface area is 117 Å². The number of imidazole rings is 1. The lowest BCUT2D eigenvalue weighted by Gasteiger charge is -2.13. The highest BCUT2D eigenvalue weighted by Gasteiger charge is 2.21. The number of nitrogens with zero attached hydrogens (tertiary/aromatic N) is 1. The van der Waals surface area contributed by atoms with Crippen LogP contribution in [0.2, 0.25) is 0 Å². The van der Waals surface area contributed by atoms with Crippen LogP contribution in [0.15, 0.2) is 30.6 Å². The minimum Gasteiger partial charge on any atom is -0.476 e. The van der Waals surface area contributed by atoms with E-state index in [0.29, 0.717) is 11.5 Å². The van der Waals surface area contributed by atoms with Crippen molar-refractivity contribution in [2.75, 3.05) is 0 Å². The van der Waals surface area contributed by atoms with Crippen molar-refractivity contribution in [3.63, 3.8) is 0 Å². The zero-order valence-corrected chi connectivity index (χ0v) is 11.5. The van der Waals surface area contributed by atoms with Gasteiger partial charge in [-0.1, -0.05) is 38.1 Å². The van der Waals surface area contributed by atoms with Crippen LogP contribution in [-0.4, -0.2) is 26.2 Å². The van der Waals surface area contributed by atoms with Crippen molar-refractivity contribution in [3.05, 3.63) is 53.1 Å². The lowest BCUT2D eigenvalue weighted by Crippen LogP contribution is -2.08. The largest absolute Gasteiger partial charge is 0.476 e. The minimum atomic E-state index is -1.16. The van der Waals surface area contributed by atoms with Gasteiger partial charge in [0.25, 0.3) is 0 Å². The fourth-order valence-corrected chi connectivity index (χ4v) is 2.09. The van der Waals surface area contributed by atoms with Gasteiger partial charge in [-0.25, -0.2) is 9.78 Å². The Morgan fingerprint density at radius 2 is 1.90 bits per heavy atom. The number of rotatable bonds is 5. The fraction of sp³-hybridized carbons (Fsp3) is 0.333. The topological polar surface area (TPSA) is 86.2 Å². The van der Waals surface area contributed by atoms with Gasteiger partial charge in [0.1, 0.15) is 6.10 Å². The number of hydrogen-bond acceptors (Lipinski definition) is 3. The molecule has 2 aromatic rings. The number of aromatic amines is 1. The number of aromatic carboxylic acids is 1. The summed E-state index contributed by atoms with van der Waals surface area (Å²) in [5, 5.41) is 19.3. The van der Waals surface area contributed by atoms with E-state index in [0.717, 1.165) is 6.42 Å². The van der Waals surface area contributed by atoms with Crippen LogP contribution < -0.4 is 0 Å². The predicted molar refractivity (Wildman–Crippen MR) is 74.8 cm³/mol. The number of nitrogens with one attached hydrogen (secondary N) is 1. The van der Waals surface area contributed by atoms with Crippen molar-refractivity contribution < 1.29 is 15.0 Å². The molecule has 106 valence electrons. The van der Waals surface area contributed by atoms with Crippen LogP contribution in [0.1, 0.15) is 59.6 Å². The molecule has 0 aliphatic heterocycles. The summed E-state index contributed by atoms with van der Waals surface area (Å²) in [6, 6.07) is 7.56. The highest BCUT2D eigenvalue weighted by atomic mass is 16.4. The molecule has 1 aromatic heterocycles. The number of aliphatic hydroxyl groups excluding tert-OH is 1. The monoisotopic (exact) mass is 274 g/mol. The molecule has 0 spiro atoms. The maximum absolute atomic E-state index is 11.0. The number of benzene rings is 1. The van der Waals surface area contributed by atoms with Crippen LogP contribution in [0.25, 0.3) is 0 Å². The van der Waals surface area contributed by atoms with E-state index in [1.165, 1.54) is 11.9 Å². The normalized spacial score (nSPS) is 13.9. The van der Waals surface area contributed by atoms with Gasteiger partial charge >= 0.3 is 5.97 Å². The van der Waals surface area contributed by atoms with Crippen LogP contribution in [-0.2, 0) is 0 Å². The predicted octanol–water partition coefficient (Wildman–Crippen LogP) is 2.70. The zero-order valence-electron chi connectivity index (χ0n) is 11.5. The molecule has 5 heteroatoms. The van der Waals surface area contributed by atoms with E-state index in [1.54, 1.807) is 0 Å². The SMILES string of the molecule is CCC(C)c1ccc(C(O)c2[nH]cnc2C(=O)O)cc1. The first-order chi connectivity index (χ1) is 9.54. The van der Waals surface area contributed by atoms with Gasteiger partial charge < -0.3 is 15.2 Å². The van der Waals surface area contributed by atoms with Gasteiger partial charge in [-0.3, -0.25) is 0 Å². The highest BCUT2D eigenvalue weighted by Crippen LogP contribution is 2.25. The second-order valence-electron chi connectivity index (χ2n) is 4.85. The van der Waals surface area contributed by atoms with Crippen LogP contribution in [0, 0.1) is 0 Å². The van der Waals surface area contributed by atoms with Crippen LogP contribution in [0.4, 0.5) is 0 Å². The summed E-state index contributed by atoms with van der Waals surface area (Å²) in [4.78, 5) is 17.4. The molecular formula is C15H18N2O3. The molecule has 5 nitrogen and oxygen atoms in total. The summed E-state index contributed by atoms with van der Waals surface area (Å²) in [7, 11) is 0. The molecule has 2 rings (SSSR count). The van der Waals surface area contributed by atoms with E-state index in [4.69, 9.17) is 5.11 Å². The maximum Gasteiger partial charge on any atom is 0.356 e. The lowest BCUT2D eigenvalue weighted by atomic mass is 9.96. The third-order valence-corrected chi connectivity index (χ3v) is 3.58. The lowest BCUT2D eigenvalue weighted by molar-refractivity contribution is 0.0685. The third kappa shape index (κ3) is 2.72. The Bertz CT molecular complexity index is 589. The van der Waals surface area contributed by atoms with Crippen LogP contribution in [0.5, 0.6) is 0 Å². The second-order valence-corrected chi connectivity index (χ2v) is 4.85. The first-order valence-corrected chi connectivity index (χ1v) is 6.59. The van der Waals surface area contributed by atoms with E-state index in [-0.39, 0.29) is 11.4 Å². The van der Waals surface area contributed by atoms with Gasteiger partial charge in [0.05, 0.1) is 12.0 Å². The van der Waals surface area contributed by atoms with Gasteiger partial charge in [-0.2, -0.15) is 0 Å². The number of hydrogen-bond donors (Lipinski definition) is 3. The first kappa shape index (κ1) is 14.3. The van der Waals surface area contributed by atoms with Crippen molar-refractivity contribution in [2.24, 2.45) is 0 Å². The number of carbonyl (C=O) groups is 1. The molecule has 0 aliphatic carbocycles. The minimum absolute atomic E-state index is 0.150. The average Bonchev–Trinajstić information content (AvgIpc) is 2.95. The molecule has 1 heterocycles. The van der Waals surface area contributed by atoms with Gasteiger partial charge in [0.15, 0.2) is 5.69 Å². The molecule has 0 amide bonds. The highest BCUT2D eigenvalue weighted by molar-refractivity contribution is 5.86. The Morgan fingerprint density at radius 1 is 1.30 bits per heavy atom. The van der Waals surface area contributed by atoms with Crippen molar-refractivity contribution in [3.8, 4) is 0 Å². The molecule has 3 N–H and O–H groups in total. The second kappa shape index (κ2) is 5.88. The smallest absolute Gasteiger partial charge is 0.356 e. The first-order valence-electron chi connectivity index (χ1n) is 6.59. The average molecular weight is 274 g/mol. The van der Waals surface area contributed by atoms with Crippen molar-refractivity contribution in [2.45, 2.75) is 32.3 Å². The zero-order chi connectivity index (χ0) is 14.7. The van der Waals surface area contributed by atoms with Crippen LogP contribution in [0.3, 0.4) is 0 Å². The number of aromatic nitrogens is 2. The standard InChI is InChI=1S/C15H18N2O3/c1-3-9(2)10-4-6-11(7-5-10)14(18)12-13(15(19)20)17-8-16-12/h4-9,14,18H,3H2,1-2H3,(H,16,17)(H,19,20). The number of carboxylic acid groups (broad SMARTS) is 1. The van der Waals surface area contributed by atoms with Gasteiger partial charge in [0.2, 0.25) is 0 Å². The van der Waals surface area contributed by atoms with Gasteiger partial charge in [-0.05, 0) is 23.5 Å². The molecule has 0 saturated carbocycles. The summed E-state index contributed by atoms with van der Waals surface area (Å²) in [5.74, 6) is -0.695. The van der Waals surface area contributed by atoms with Gasteiger partial charge in [0, 0.05) is 0 Å². The van der Waals surface area contributed by atoms with Gasteiger partial charge in [-0.15, -0.1) is 0 Å². The van der Waals surface area contributed by atoms with E-state index in [9.17, 15) is 9.90 Å². The molecule has 2 unspecified atom stereocenters. The summed E-state index contributed by atoms with van der Waals surface area (Å²) in [6.45, 7) is 4.26. The summed E-state index contributed by atoms with van der Waals surface area (Å²) in [6.07, 6.45) is 1.30. The number of carboxylic acids is 1. The van der Waals surface area contributed by atoms with E-state index in [2.05, 4.69) is 23.8 Å². The number of aliphatic hydroxyl groups is 1. The summed E-state index contributed by atoms with van der Waals surface area (Å²) >= 11 is 0. The summed E-state index contributed by atoms with van der Waals surface area (Å²) in [5.41, 5.74) is 1.90. The third-order valence-electron chi connectivity index (χ3n) is 3.58. The molecule has 20 heavy (non-hydrogen) atoms. The fourth-order valence-electron chi connectivity index (χ4n) is 2.09. The van der Waals surface area contributed by atoms with E-state index >= 15 is 0 Å². The maximum atomic E-state index is 11.0. The molecule has 2 atom stereocenters. The quantitative estimate of drug-likeness (QED) is 0.782.